The Kier molecular flexibility index (Phi) is 13.7. The molecule has 6 rings (SSSR count). The summed E-state index contributed by atoms with van der Waals surface area (Å²) in [7, 11) is -7.07. The van der Waals surface area contributed by atoms with Crippen LogP contribution in [0.4, 0.5) is 11.4 Å². The van der Waals surface area contributed by atoms with Gasteiger partial charge < -0.3 is 14.7 Å². The van der Waals surface area contributed by atoms with Crippen molar-refractivity contribution in [2.45, 2.75) is 48.5 Å². The van der Waals surface area contributed by atoms with E-state index in [9.17, 15) is 26.4 Å². The van der Waals surface area contributed by atoms with Crippen LogP contribution in [0.2, 0.25) is 0 Å². The number of nitrogens with one attached hydrogen (secondary N) is 2. The second-order valence-electron chi connectivity index (χ2n) is 11.4. The van der Waals surface area contributed by atoms with Crippen LogP contribution in [0.25, 0.3) is 21.5 Å². The molecule has 2 amide bonds. The molecule has 0 bridgehead atoms. The standard InChI is InChI=1S/C17H20N2O5S.C16H18N2O5S.H3NO/c1-12(11-16(20)18-21)24-10-4-9-19-14-7-2-5-13-6-3-8-15(17(13)14)25(19,22)23;19-15(17-20)8-11-23-10-3-9-18-13-6-1-4-12-5-2-7-14(16(12)13)24(18,21)22;1-2/h2-3,5-8,12,21H,4,9-11H2,1H3,(H,18,20);1-2,4-7,20H,3,8-11H2,(H,17,19);2H,1H2. The third-order valence-electron chi connectivity index (χ3n) is 8.12. The van der Waals surface area contributed by atoms with Gasteiger partial charge in [-0.1, -0.05) is 48.5 Å². The van der Waals surface area contributed by atoms with Crippen LogP contribution < -0.4 is 25.5 Å². The molecule has 0 spiro atoms. The number of rotatable bonds is 14. The number of sulfonamides is 2. The fourth-order valence-electron chi connectivity index (χ4n) is 5.89. The van der Waals surface area contributed by atoms with Crippen molar-refractivity contribution in [2.75, 3.05) is 41.5 Å². The summed E-state index contributed by atoms with van der Waals surface area (Å²) in [5.74, 6) is 2.47. The Morgan fingerprint density at radius 3 is 1.63 bits per heavy atom. The number of ether oxygens (including phenoxy) is 2. The Hall–Kier alpha value is -4.40. The van der Waals surface area contributed by atoms with Crippen LogP contribution in [0, 0.1) is 0 Å². The zero-order valence-electron chi connectivity index (χ0n) is 27.8. The van der Waals surface area contributed by atoms with E-state index >= 15 is 0 Å². The molecule has 1 atom stereocenters. The fourth-order valence-corrected chi connectivity index (χ4v) is 9.39. The fraction of sp³-hybridized carbons (Fsp3) is 0.333. The van der Waals surface area contributed by atoms with E-state index in [2.05, 4.69) is 5.90 Å². The quantitative estimate of drug-likeness (QED) is 0.0620. The highest BCUT2D eigenvalue weighted by Gasteiger charge is 2.36. The van der Waals surface area contributed by atoms with Gasteiger partial charge in [0.05, 0.1) is 46.7 Å². The molecule has 18 heteroatoms. The first kappa shape index (κ1) is 39.4. The van der Waals surface area contributed by atoms with Crippen molar-refractivity contribution < 1.29 is 51.5 Å². The van der Waals surface area contributed by atoms with Crippen LogP contribution in [0.3, 0.4) is 0 Å². The topological polar surface area (TPSA) is 238 Å². The van der Waals surface area contributed by atoms with Crippen LogP contribution in [0.1, 0.15) is 32.6 Å². The molecule has 0 fully saturated rings. The highest BCUT2D eigenvalue weighted by Crippen LogP contribution is 2.43. The molecule has 2 aliphatic rings. The molecule has 0 aromatic heterocycles. The van der Waals surface area contributed by atoms with Gasteiger partial charge in [0.25, 0.3) is 20.0 Å². The summed E-state index contributed by atoms with van der Waals surface area (Å²) in [5, 5.41) is 26.7. The molecule has 276 valence electrons. The number of benzene rings is 4. The van der Waals surface area contributed by atoms with Crippen molar-refractivity contribution in [3.05, 3.63) is 72.8 Å². The predicted octanol–water partition coefficient (Wildman–Crippen LogP) is 3.02. The molecule has 4 aromatic rings. The zero-order chi connectivity index (χ0) is 37.2. The van der Waals surface area contributed by atoms with Gasteiger partial charge in [0.15, 0.2) is 0 Å². The van der Waals surface area contributed by atoms with Crippen molar-refractivity contribution in [3.63, 3.8) is 0 Å². The lowest BCUT2D eigenvalue weighted by Crippen LogP contribution is -2.29. The molecule has 0 saturated heterocycles. The Balaban J connectivity index is 0.000000218. The second-order valence-corrected chi connectivity index (χ2v) is 15.1. The number of anilines is 2. The maximum absolute atomic E-state index is 12.8. The van der Waals surface area contributed by atoms with E-state index in [1.165, 1.54) is 14.1 Å². The first-order valence-electron chi connectivity index (χ1n) is 15.9. The Labute approximate surface area is 295 Å². The van der Waals surface area contributed by atoms with Crippen molar-refractivity contribution in [1.82, 2.24) is 11.0 Å². The zero-order valence-corrected chi connectivity index (χ0v) is 29.4. The third-order valence-corrected chi connectivity index (χ3v) is 11.8. The summed E-state index contributed by atoms with van der Waals surface area (Å²) in [4.78, 5) is 22.6. The number of carbonyl (C=O) groups excluding carboxylic acids is 2. The number of hydroxylamine groups is 2. The number of amides is 2. The van der Waals surface area contributed by atoms with Crippen LogP contribution in [-0.4, -0.2) is 83.3 Å². The van der Waals surface area contributed by atoms with Crippen LogP contribution in [0.5, 0.6) is 0 Å². The highest BCUT2D eigenvalue weighted by atomic mass is 32.2. The van der Waals surface area contributed by atoms with Crippen LogP contribution in [0.15, 0.2) is 82.6 Å². The molecule has 16 nitrogen and oxygen atoms in total. The van der Waals surface area contributed by atoms with Crippen LogP contribution >= 0.6 is 0 Å². The highest BCUT2D eigenvalue weighted by molar-refractivity contribution is 7.93. The Morgan fingerprint density at radius 1 is 0.706 bits per heavy atom. The second kappa shape index (κ2) is 17.7. The SMILES string of the molecule is CC(CC(=O)NO)OCCCN1c2cccc3cccc(c23)S1(=O)=O.NO.O=C(CCOCCCN1c2cccc3cccc(c23)S1(=O)=O)NO. The van der Waals surface area contributed by atoms with Gasteiger partial charge in [-0.2, -0.15) is 0 Å². The summed E-state index contributed by atoms with van der Waals surface area (Å²) in [5.41, 5.74) is 4.48. The predicted molar refractivity (Wildman–Crippen MR) is 187 cm³/mol. The maximum Gasteiger partial charge on any atom is 0.265 e. The van der Waals surface area contributed by atoms with E-state index in [0.29, 0.717) is 60.3 Å². The van der Waals surface area contributed by atoms with Crippen molar-refractivity contribution >= 4 is 64.8 Å². The lowest BCUT2D eigenvalue weighted by atomic mass is 10.1. The van der Waals surface area contributed by atoms with Gasteiger partial charge in [0.1, 0.15) is 0 Å². The van der Waals surface area contributed by atoms with Gasteiger partial charge in [-0.25, -0.2) is 33.7 Å². The number of carbonyl (C=O) groups is 2. The monoisotopic (exact) mass is 747 g/mol. The first-order valence-corrected chi connectivity index (χ1v) is 18.8. The van der Waals surface area contributed by atoms with Gasteiger partial charge in [-0.05, 0) is 54.8 Å². The van der Waals surface area contributed by atoms with E-state index in [4.69, 9.17) is 25.1 Å². The molecule has 0 aliphatic carbocycles. The molecule has 0 saturated carbocycles. The molecular weight excluding hydrogens is 707 g/mol. The number of nitrogens with zero attached hydrogens (tertiary/aromatic N) is 2. The average Bonchev–Trinajstić information content (AvgIpc) is 3.49. The maximum atomic E-state index is 12.8. The van der Waals surface area contributed by atoms with Gasteiger partial charge in [-0.3, -0.25) is 28.6 Å². The van der Waals surface area contributed by atoms with E-state index < -0.39 is 31.9 Å². The summed E-state index contributed by atoms with van der Waals surface area (Å²) in [6, 6.07) is 21.7. The van der Waals surface area contributed by atoms with Crippen molar-refractivity contribution in [3.8, 4) is 0 Å². The molecule has 4 aromatic carbocycles. The number of hydrogen-bond donors (Lipinski definition) is 6. The third kappa shape index (κ3) is 8.74. The minimum atomic E-state index is -3.54. The molecule has 2 heterocycles. The lowest BCUT2D eigenvalue weighted by molar-refractivity contribution is -0.132. The molecule has 51 heavy (non-hydrogen) atoms. The normalized spacial score (nSPS) is 15.1. The van der Waals surface area contributed by atoms with Crippen molar-refractivity contribution in [1.29, 1.82) is 0 Å². The summed E-state index contributed by atoms with van der Waals surface area (Å²) >= 11 is 0. The number of hydrogen-bond acceptors (Lipinski definition) is 12. The number of nitrogens with two attached hydrogens (primary N) is 1. The summed E-state index contributed by atoms with van der Waals surface area (Å²) in [6.45, 7) is 3.15. The Morgan fingerprint density at radius 2 is 1.16 bits per heavy atom. The van der Waals surface area contributed by atoms with E-state index in [0.717, 1.165) is 21.5 Å². The summed E-state index contributed by atoms with van der Waals surface area (Å²) in [6.07, 6.45) is 0.744. The smallest absolute Gasteiger partial charge is 0.265 e. The molecule has 0 radical (unpaired) electrons. The van der Waals surface area contributed by atoms with Gasteiger partial charge in [0.2, 0.25) is 11.8 Å². The Bertz CT molecular complexity index is 2050. The van der Waals surface area contributed by atoms with Gasteiger partial charge >= 0.3 is 0 Å². The molecular formula is C33H41N5O11S2. The molecule has 1 unspecified atom stereocenters. The van der Waals surface area contributed by atoms with E-state index in [-0.39, 0.29) is 25.6 Å². The minimum absolute atomic E-state index is 0.0449. The average molecular weight is 748 g/mol. The molecule has 7 N–H and O–H groups in total. The minimum Gasteiger partial charge on any atom is -0.381 e. The first-order chi connectivity index (χ1) is 24.5. The summed E-state index contributed by atoms with van der Waals surface area (Å²) < 4.78 is 64.6. The van der Waals surface area contributed by atoms with Crippen LogP contribution in [-0.2, 0) is 39.1 Å². The van der Waals surface area contributed by atoms with E-state index in [1.807, 2.05) is 48.5 Å². The lowest BCUT2D eigenvalue weighted by Gasteiger charge is -2.19. The van der Waals surface area contributed by atoms with Gasteiger partial charge in [-0.15, -0.1) is 0 Å². The van der Waals surface area contributed by atoms with Gasteiger partial charge in [0, 0.05) is 37.1 Å². The van der Waals surface area contributed by atoms with Crippen molar-refractivity contribution in [2.24, 2.45) is 5.90 Å². The van der Waals surface area contributed by atoms with E-state index in [1.54, 1.807) is 36.7 Å². The largest absolute Gasteiger partial charge is 0.381 e. The molecule has 2 aliphatic heterocycles.